The third-order valence-corrected chi connectivity index (χ3v) is 3.22. The van der Waals surface area contributed by atoms with Crippen LogP contribution in [-0.2, 0) is 9.59 Å². The molecule has 0 saturated carbocycles. The first-order valence-corrected chi connectivity index (χ1v) is 6.81. The van der Waals surface area contributed by atoms with Crippen molar-refractivity contribution in [1.82, 2.24) is 15.1 Å². The zero-order valence-corrected chi connectivity index (χ0v) is 12.4. The molecule has 0 radical (unpaired) electrons. The Labute approximate surface area is 119 Å². The van der Waals surface area contributed by atoms with Gasteiger partial charge in [0.05, 0.1) is 0 Å². The molecule has 7 nitrogen and oxygen atoms in total. The van der Waals surface area contributed by atoms with Gasteiger partial charge in [-0.05, 0) is 0 Å². The van der Waals surface area contributed by atoms with Gasteiger partial charge >= 0.3 is 6.03 Å². The highest BCUT2D eigenvalue weighted by atomic mass is 16.2. The second-order valence-electron chi connectivity index (χ2n) is 6.05. The number of nitrogens with two attached hydrogens (primary N) is 1. The Hall–Kier alpha value is -1.63. The van der Waals surface area contributed by atoms with Crippen LogP contribution in [0.2, 0.25) is 0 Å². The van der Waals surface area contributed by atoms with Gasteiger partial charge in [0.2, 0.25) is 11.8 Å². The second kappa shape index (κ2) is 6.69. The van der Waals surface area contributed by atoms with Crippen molar-refractivity contribution in [2.24, 2.45) is 11.1 Å². The third-order valence-electron chi connectivity index (χ3n) is 3.22. The number of nitrogens with one attached hydrogen (secondary N) is 1. The summed E-state index contributed by atoms with van der Waals surface area (Å²) in [7, 11) is 0. The van der Waals surface area contributed by atoms with Crippen LogP contribution in [0.1, 0.15) is 27.2 Å². The van der Waals surface area contributed by atoms with Gasteiger partial charge in [0.15, 0.2) is 0 Å². The maximum Gasteiger partial charge on any atom is 0.318 e. The van der Waals surface area contributed by atoms with Gasteiger partial charge in [0, 0.05) is 44.6 Å². The summed E-state index contributed by atoms with van der Waals surface area (Å²) < 4.78 is 0. The highest BCUT2D eigenvalue weighted by Crippen LogP contribution is 2.18. The fourth-order valence-electron chi connectivity index (χ4n) is 2.11. The van der Waals surface area contributed by atoms with Crippen LogP contribution < -0.4 is 11.1 Å². The van der Waals surface area contributed by atoms with E-state index in [1.165, 1.54) is 0 Å². The standard InChI is InChI=1S/C13H24N4O3/c1-13(2,3)11(19)17-8-6-16(7-9-17)5-4-10(18)15-12(14)20/h4-9H2,1-3H3,(H3,14,15,18,20). The Morgan fingerprint density at radius 1 is 1.10 bits per heavy atom. The summed E-state index contributed by atoms with van der Waals surface area (Å²) in [6.45, 7) is 9.14. The Morgan fingerprint density at radius 2 is 1.65 bits per heavy atom. The van der Waals surface area contributed by atoms with E-state index in [2.05, 4.69) is 4.90 Å². The Morgan fingerprint density at radius 3 is 2.10 bits per heavy atom. The molecule has 0 atom stereocenters. The second-order valence-corrected chi connectivity index (χ2v) is 6.05. The highest BCUT2D eigenvalue weighted by Gasteiger charge is 2.29. The molecule has 0 spiro atoms. The quantitative estimate of drug-likeness (QED) is 0.747. The lowest BCUT2D eigenvalue weighted by atomic mass is 9.94. The number of nitrogens with zero attached hydrogens (tertiary/aromatic N) is 2. The average Bonchev–Trinajstić information content (AvgIpc) is 2.34. The summed E-state index contributed by atoms with van der Waals surface area (Å²) in [5, 5.41) is 2.04. The monoisotopic (exact) mass is 284 g/mol. The van der Waals surface area contributed by atoms with Crippen LogP contribution >= 0.6 is 0 Å². The summed E-state index contributed by atoms with van der Waals surface area (Å²) >= 11 is 0. The molecular weight excluding hydrogens is 260 g/mol. The predicted molar refractivity (Wildman–Crippen MR) is 74.8 cm³/mol. The Balaban J connectivity index is 2.31. The van der Waals surface area contributed by atoms with E-state index in [1.54, 1.807) is 0 Å². The molecule has 1 fully saturated rings. The average molecular weight is 284 g/mol. The first-order chi connectivity index (χ1) is 9.20. The van der Waals surface area contributed by atoms with E-state index in [1.807, 2.05) is 31.0 Å². The molecule has 1 heterocycles. The molecule has 1 aliphatic heterocycles. The smallest absolute Gasteiger partial charge is 0.318 e. The van der Waals surface area contributed by atoms with E-state index in [9.17, 15) is 14.4 Å². The van der Waals surface area contributed by atoms with Crippen LogP contribution in [0, 0.1) is 5.41 Å². The Kier molecular flexibility index (Phi) is 5.50. The summed E-state index contributed by atoms with van der Waals surface area (Å²) in [6, 6.07) is -0.824. The Bertz CT molecular complexity index is 382. The van der Waals surface area contributed by atoms with E-state index in [-0.39, 0.29) is 23.7 Å². The van der Waals surface area contributed by atoms with Gasteiger partial charge in [0.1, 0.15) is 0 Å². The van der Waals surface area contributed by atoms with Gasteiger partial charge in [-0.2, -0.15) is 0 Å². The zero-order valence-electron chi connectivity index (χ0n) is 12.4. The van der Waals surface area contributed by atoms with Gasteiger partial charge in [0.25, 0.3) is 0 Å². The van der Waals surface area contributed by atoms with Gasteiger partial charge in [-0.3, -0.25) is 19.8 Å². The number of hydrogen-bond acceptors (Lipinski definition) is 4. The van der Waals surface area contributed by atoms with E-state index >= 15 is 0 Å². The van der Waals surface area contributed by atoms with Gasteiger partial charge in [-0.1, -0.05) is 20.8 Å². The van der Waals surface area contributed by atoms with Crippen molar-refractivity contribution in [3.63, 3.8) is 0 Å². The van der Waals surface area contributed by atoms with Crippen molar-refractivity contribution >= 4 is 17.8 Å². The van der Waals surface area contributed by atoms with Crippen LogP contribution in [0.5, 0.6) is 0 Å². The van der Waals surface area contributed by atoms with Crippen molar-refractivity contribution in [3.05, 3.63) is 0 Å². The lowest BCUT2D eigenvalue weighted by molar-refractivity contribution is -0.141. The number of rotatable bonds is 3. The molecule has 0 aliphatic carbocycles. The molecule has 0 aromatic carbocycles. The molecule has 7 heteroatoms. The van der Waals surface area contributed by atoms with Crippen LogP contribution in [0.3, 0.4) is 0 Å². The van der Waals surface area contributed by atoms with Crippen LogP contribution in [0.4, 0.5) is 4.79 Å². The molecule has 3 N–H and O–H groups in total. The minimum Gasteiger partial charge on any atom is -0.351 e. The lowest BCUT2D eigenvalue weighted by Gasteiger charge is -2.37. The molecular formula is C13H24N4O3. The van der Waals surface area contributed by atoms with Crippen LogP contribution in [0.15, 0.2) is 0 Å². The van der Waals surface area contributed by atoms with Gasteiger partial charge < -0.3 is 10.6 Å². The molecule has 20 heavy (non-hydrogen) atoms. The maximum absolute atomic E-state index is 12.1. The summed E-state index contributed by atoms with van der Waals surface area (Å²) in [6.07, 6.45) is 0.232. The lowest BCUT2D eigenvalue weighted by Crippen LogP contribution is -2.52. The van der Waals surface area contributed by atoms with Crippen molar-refractivity contribution in [2.75, 3.05) is 32.7 Å². The number of piperazine rings is 1. The first-order valence-electron chi connectivity index (χ1n) is 6.81. The molecule has 0 unspecified atom stereocenters. The van der Waals surface area contributed by atoms with E-state index in [4.69, 9.17) is 5.73 Å². The van der Waals surface area contributed by atoms with Crippen molar-refractivity contribution in [2.45, 2.75) is 27.2 Å². The highest BCUT2D eigenvalue weighted by molar-refractivity contribution is 5.93. The minimum absolute atomic E-state index is 0.156. The molecule has 1 rings (SSSR count). The van der Waals surface area contributed by atoms with Gasteiger partial charge in [-0.15, -0.1) is 0 Å². The van der Waals surface area contributed by atoms with E-state index in [0.29, 0.717) is 19.6 Å². The molecule has 1 aliphatic rings. The SMILES string of the molecule is CC(C)(C)C(=O)N1CCN(CCC(=O)NC(N)=O)CC1. The molecule has 0 bridgehead atoms. The number of imide groups is 1. The van der Waals surface area contributed by atoms with Gasteiger partial charge in [-0.25, -0.2) is 4.79 Å². The predicted octanol–water partition coefficient (Wildman–Crippen LogP) is -0.238. The summed E-state index contributed by atoms with van der Waals surface area (Å²) in [4.78, 5) is 37.9. The maximum atomic E-state index is 12.1. The van der Waals surface area contributed by atoms with Crippen LogP contribution in [0.25, 0.3) is 0 Å². The topological polar surface area (TPSA) is 95.7 Å². The summed E-state index contributed by atoms with van der Waals surface area (Å²) in [5.74, 6) is -0.214. The molecule has 0 aromatic heterocycles. The summed E-state index contributed by atoms with van der Waals surface area (Å²) in [5.41, 5.74) is 4.51. The number of carbonyl (C=O) groups excluding carboxylic acids is 3. The molecule has 4 amide bonds. The number of primary amides is 1. The number of amides is 4. The van der Waals surface area contributed by atoms with Crippen molar-refractivity contribution in [1.29, 1.82) is 0 Å². The van der Waals surface area contributed by atoms with E-state index < -0.39 is 6.03 Å². The van der Waals surface area contributed by atoms with Crippen molar-refractivity contribution in [3.8, 4) is 0 Å². The van der Waals surface area contributed by atoms with Crippen LogP contribution in [-0.4, -0.2) is 60.4 Å². The fraction of sp³-hybridized carbons (Fsp3) is 0.769. The minimum atomic E-state index is -0.824. The van der Waals surface area contributed by atoms with E-state index in [0.717, 1.165) is 13.1 Å². The number of hydrogen-bond donors (Lipinski definition) is 2. The number of urea groups is 1. The zero-order chi connectivity index (χ0) is 15.3. The van der Waals surface area contributed by atoms with Crippen molar-refractivity contribution < 1.29 is 14.4 Å². The molecule has 1 saturated heterocycles. The first kappa shape index (κ1) is 16.4. The molecule has 114 valence electrons. The molecule has 0 aromatic rings. The fourth-order valence-corrected chi connectivity index (χ4v) is 2.11. The third kappa shape index (κ3) is 5.16. The normalized spacial score (nSPS) is 16.9. The number of carbonyl (C=O) groups is 3. The largest absolute Gasteiger partial charge is 0.351 e.